The first-order valence-electron chi connectivity index (χ1n) is 6.79. The summed E-state index contributed by atoms with van der Waals surface area (Å²) in [5.74, 6) is 0.105. The molecule has 1 aliphatic rings. The van der Waals surface area contributed by atoms with Gasteiger partial charge in [0.2, 0.25) is 0 Å². The fraction of sp³-hybridized carbons (Fsp3) is 0.235. The number of phenolic OH excluding ortho intramolecular Hbond substituents is 1. The Bertz CT molecular complexity index is 678. The third-order valence-electron chi connectivity index (χ3n) is 3.88. The predicted molar refractivity (Wildman–Crippen MR) is 79.3 cm³/mol. The topological polar surface area (TPSA) is 40.5 Å². The number of hydrogen-bond acceptors (Lipinski definition) is 2. The molecule has 0 radical (unpaired) electrons. The quantitative estimate of drug-likeness (QED) is 0.861. The number of aromatic hydroxyl groups is 1. The average molecular weight is 267 g/mol. The van der Waals surface area contributed by atoms with Gasteiger partial charge in [0, 0.05) is 17.3 Å². The Balaban J connectivity index is 2.00. The van der Waals surface area contributed by atoms with Gasteiger partial charge in [0.05, 0.1) is 0 Å². The maximum absolute atomic E-state index is 12.7. The Morgan fingerprint density at radius 2 is 2.00 bits per heavy atom. The summed E-state index contributed by atoms with van der Waals surface area (Å²) in [7, 11) is 0. The van der Waals surface area contributed by atoms with Crippen molar-refractivity contribution < 1.29 is 9.90 Å². The fourth-order valence-corrected chi connectivity index (χ4v) is 2.76. The summed E-state index contributed by atoms with van der Waals surface area (Å²) in [6.45, 7) is 3.86. The van der Waals surface area contributed by atoms with Crippen molar-refractivity contribution in [3.05, 3.63) is 59.2 Å². The molecule has 102 valence electrons. The van der Waals surface area contributed by atoms with Crippen molar-refractivity contribution in [2.45, 2.75) is 26.3 Å². The Hall–Kier alpha value is -2.29. The number of phenols is 1. The minimum absolute atomic E-state index is 0.0576. The molecule has 1 N–H and O–H groups in total. The molecule has 1 aliphatic heterocycles. The molecule has 2 aromatic rings. The standard InChI is InChI=1S/C17H17NO2/c1-11-7-8-14(10-16(11)19)17(20)18-12(2)9-13-5-3-4-6-15(13)18/h3-8,10,12,19H,9H2,1-2H3. The highest BCUT2D eigenvalue weighted by molar-refractivity contribution is 6.08. The van der Waals surface area contributed by atoms with Crippen molar-refractivity contribution in [3.63, 3.8) is 0 Å². The second-order valence-electron chi connectivity index (χ2n) is 5.36. The predicted octanol–water partition coefficient (Wildman–Crippen LogP) is 3.29. The minimum atomic E-state index is -0.0576. The van der Waals surface area contributed by atoms with E-state index in [1.807, 2.05) is 36.9 Å². The van der Waals surface area contributed by atoms with E-state index < -0.39 is 0 Å². The number of anilines is 1. The van der Waals surface area contributed by atoms with Crippen LogP contribution in [0.15, 0.2) is 42.5 Å². The van der Waals surface area contributed by atoms with E-state index in [-0.39, 0.29) is 17.7 Å². The number of carbonyl (C=O) groups is 1. The zero-order chi connectivity index (χ0) is 14.3. The average Bonchev–Trinajstić information content (AvgIpc) is 2.77. The van der Waals surface area contributed by atoms with Crippen LogP contribution in [0.3, 0.4) is 0 Å². The Kier molecular flexibility index (Phi) is 2.97. The van der Waals surface area contributed by atoms with Gasteiger partial charge in [0.25, 0.3) is 5.91 Å². The zero-order valence-electron chi connectivity index (χ0n) is 11.6. The van der Waals surface area contributed by atoms with Gasteiger partial charge >= 0.3 is 0 Å². The number of hydrogen-bond donors (Lipinski definition) is 1. The molecule has 1 amide bonds. The van der Waals surface area contributed by atoms with Gasteiger partial charge in [-0.3, -0.25) is 4.79 Å². The lowest BCUT2D eigenvalue weighted by Gasteiger charge is -2.23. The van der Waals surface area contributed by atoms with Gasteiger partial charge in [-0.25, -0.2) is 0 Å². The largest absolute Gasteiger partial charge is 0.508 e. The van der Waals surface area contributed by atoms with Crippen LogP contribution in [-0.2, 0) is 6.42 Å². The van der Waals surface area contributed by atoms with Crippen molar-refractivity contribution in [1.82, 2.24) is 0 Å². The van der Waals surface area contributed by atoms with E-state index in [1.165, 1.54) is 5.56 Å². The lowest BCUT2D eigenvalue weighted by molar-refractivity contribution is 0.0981. The SMILES string of the molecule is Cc1ccc(C(=O)N2c3ccccc3CC2C)cc1O. The fourth-order valence-electron chi connectivity index (χ4n) is 2.76. The Morgan fingerprint density at radius 3 is 2.75 bits per heavy atom. The summed E-state index contributed by atoms with van der Waals surface area (Å²) in [6, 6.07) is 13.2. The van der Waals surface area contributed by atoms with Crippen LogP contribution in [0.5, 0.6) is 5.75 Å². The van der Waals surface area contributed by atoms with Gasteiger partial charge in [-0.15, -0.1) is 0 Å². The van der Waals surface area contributed by atoms with Gasteiger partial charge in [-0.1, -0.05) is 24.3 Å². The maximum atomic E-state index is 12.7. The highest BCUT2D eigenvalue weighted by atomic mass is 16.3. The van der Waals surface area contributed by atoms with Crippen molar-refractivity contribution in [3.8, 4) is 5.75 Å². The van der Waals surface area contributed by atoms with Crippen molar-refractivity contribution >= 4 is 11.6 Å². The number of rotatable bonds is 1. The molecule has 1 atom stereocenters. The maximum Gasteiger partial charge on any atom is 0.258 e. The molecule has 3 rings (SSSR count). The summed E-state index contributed by atoms with van der Waals surface area (Å²) in [4.78, 5) is 14.5. The van der Waals surface area contributed by atoms with Crippen LogP contribution < -0.4 is 4.90 Å². The summed E-state index contributed by atoms with van der Waals surface area (Å²) in [6.07, 6.45) is 0.875. The molecule has 0 saturated carbocycles. The molecule has 0 spiro atoms. The van der Waals surface area contributed by atoms with E-state index in [2.05, 4.69) is 6.07 Å². The van der Waals surface area contributed by atoms with Crippen LogP contribution in [0.1, 0.15) is 28.4 Å². The lowest BCUT2D eigenvalue weighted by Crippen LogP contribution is -2.35. The van der Waals surface area contributed by atoms with Gasteiger partial charge in [-0.2, -0.15) is 0 Å². The van der Waals surface area contributed by atoms with E-state index >= 15 is 0 Å². The molecule has 3 nitrogen and oxygen atoms in total. The second-order valence-corrected chi connectivity index (χ2v) is 5.36. The first-order chi connectivity index (χ1) is 9.58. The number of amides is 1. The minimum Gasteiger partial charge on any atom is -0.508 e. The lowest BCUT2D eigenvalue weighted by atomic mass is 10.1. The monoisotopic (exact) mass is 267 g/mol. The van der Waals surface area contributed by atoms with Crippen LogP contribution in [-0.4, -0.2) is 17.1 Å². The molecule has 2 aromatic carbocycles. The number of fused-ring (bicyclic) bond motifs is 1. The number of carbonyl (C=O) groups excluding carboxylic acids is 1. The van der Waals surface area contributed by atoms with Crippen LogP contribution in [0.2, 0.25) is 0 Å². The second kappa shape index (κ2) is 4.67. The van der Waals surface area contributed by atoms with E-state index in [4.69, 9.17) is 0 Å². The normalized spacial score (nSPS) is 17.1. The van der Waals surface area contributed by atoms with E-state index in [0.717, 1.165) is 17.7 Å². The Morgan fingerprint density at radius 1 is 1.25 bits per heavy atom. The summed E-state index contributed by atoms with van der Waals surface area (Å²) < 4.78 is 0. The zero-order valence-corrected chi connectivity index (χ0v) is 11.6. The molecule has 1 heterocycles. The number of nitrogens with zero attached hydrogens (tertiary/aromatic N) is 1. The molecule has 0 bridgehead atoms. The van der Waals surface area contributed by atoms with E-state index in [0.29, 0.717) is 5.56 Å². The van der Waals surface area contributed by atoms with Gasteiger partial charge < -0.3 is 10.0 Å². The van der Waals surface area contributed by atoms with Gasteiger partial charge in [0.1, 0.15) is 5.75 Å². The first kappa shape index (κ1) is 12.7. The smallest absolute Gasteiger partial charge is 0.258 e. The third-order valence-corrected chi connectivity index (χ3v) is 3.88. The number of aryl methyl sites for hydroxylation is 1. The van der Waals surface area contributed by atoms with Gasteiger partial charge in [0.15, 0.2) is 0 Å². The highest BCUT2D eigenvalue weighted by Crippen LogP contribution is 2.33. The first-order valence-corrected chi connectivity index (χ1v) is 6.79. The summed E-state index contributed by atoms with van der Waals surface area (Å²) in [5, 5.41) is 9.78. The van der Waals surface area contributed by atoms with Crippen LogP contribution in [0.4, 0.5) is 5.69 Å². The third kappa shape index (κ3) is 1.95. The molecule has 0 aromatic heterocycles. The molecule has 0 aliphatic carbocycles. The molecule has 3 heteroatoms. The summed E-state index contributed by atoms with van der Waals surface area (Å²) in [5.41, 5.74) is 3.47. The number of para-hydroxylation sites is 1. The highest BCUT2D eigenvalue weighted by Gasteiger charge is 2.31. The molecular formula is C17H17NO2. The molecule has 1 unspecified atom stereocenters. The molecular weight excluding hydrogens is 250 g/mol. The van der Waals surface area contributed by atoms with Crippen molar-refractivity contribution in [2.24, 2.45) is 0 Å². The van der Waals surface area contributed by atoms with Crippen LogP contribution >= 0.6 is 0 Å². The van der Waals surface area contributed by atoms with Gasteiger partial charge in [-0.05, 0) is 49.6 Å². The molecule has 20 heavy (non-hydrogen) atoms. The van der Waals surface area contributed by atoms with E-state index in [9.17, 15) is 9.90 Å². The van der Waals surface area contributed by atoms with Crippen LogP contribution in [0.25, 0.3) is 0 Å². The summed E-state index contributed by atoms with van der Waals surface area (Å²) >= 11 is 0. The van der Waals surface area contributed by atoms with E-state index in [1.54, 1.807) is 18.2 Å². The Labute approximate surface area is 118 Å². The number of benzene rings is 2. The molecule has 0 fully saturated rings. The van der Waals surface area contributed by atoms with Crippen molar-refractivity contribution in [2.75, 3.05) is 4.90 Å². The van der Waals surface area contributed by atoms with Crippen molar-refractivity contribution in [1.29, 1.82) is 0 Å². The van der Waals surface area contributed by atoms with Crippen LogP contribution in [0, 0.1) is 6.92 Å². The molecule has 0 saturated heterocycles.